The van der Waals surface area contributed by atoms with Crippen molar-refractivity contribution in [2.75, 3.05) is 18.4 Å². The standard InChI is InChI=1S/C22H23FN8O2/c1-2-17-28-21(31-33-17)22(32)26-10-13-4-3-12(9-16(13)23)15-6-8-25-19-18(15)20(30-29-19)27-14-5-7-24-11-14/h3-4,6,8-9,14,24H,2,5,7,10-11H2,1H3,(H,26,32)(H2,25,27,29,30)/t14-/m1/s1. The Morgan fingerprint density at radius 1 is 1.33 bits per heavy atom. The van der Waals surface area contributed by atoms with E-state index in [1.54, 1.807) is 12.3 Å². The monoisotopic (exact) mass is 450 g/mol. The Morgan fingerprint density at radius 3 is 3.00 bits per heavy atom. The first-order valence-electron chi connectivity index (χ1n) is 10.8. The van der Waals surface area contributed by atoms with E-state index in [2.05, 4.69) is 41.3 Å². The molecule has 5 rings (SSSR count). The van der Waals surface area contributed by atoms with Gasteiger partial charge in [0.1, 0.15) is 5.82 Å². The minimum absolute atomic E-state index is 0.000102. The number of benzene rings is 1. The average Bonchev–Trinajstić information content (AvgIpc) is 3.59. The van der Waals surface area contributed by atoms with E-state index in [1.165, 1.54) is 6.07 Å². The van der Waals surface area contributed by atoms with Crippen LogP contribution in [0.5, 0.6) is 0 Å². The first-order chi connectivity index (χ1) is 16.1. The van der Waals surface area contributed by atoms with E-state index in [0.29, 0.717) is 34.9 Å². The number of hydrogen-bond donors (Lipinski definition) is 4. The van der Waals surface area contributed by atoms with Crippen LogP contribution < -0.4 is 16.0 Å². The van der Waals surface area contributed by atoms with Gasteiger partial charge in [0.2, 0.25) is 5.89 Å². The number of carbonyl (C=O) groups excluding carboxylic acids is 1. The molecule has 1 atom stereocenters. The zero-order valence-electron chi connectivity index (χ0n) is 18.0. The Bertz CT molecular complexity index is 1290. The van der Waals surface area contributed by atoms with Crippen molar-refractivity contribution >= 4 is 22.8 Å². The van der Waals surface area contributed by atoms with Crippen LogP contribution in [0.4, 0.5) is 10.2 Å². The highest BCUT2D eigenvalue weighted by Crippen LogP contribution is 2.33. The maximum absolute atomic E-state index is 14.9. The number of H-pyrrole nitrogens is 1. The molecule has 0 spiro atoms. The molecule has 3 aromatic heterocycles. The van der Waals surface area contributed by atoms with Crippen LogP contribution in [0.2, 0.25) is 0 Å². The van der Waals surface area contributed by atoms with Crippen LogP contribution in [-0.4, -0.2) is 50.4 Å². The van der Waals surface area contributed by atoms with Crippen LogP contribution in [-0.2, 0) is 13.0 Å². The molecule has 1 amide bonds. The predicted octanol–water partition coefficient (Wildman–Crippen LogP) is 2.41. The maximum Gasteiger partial charge on any atom is 0.292 e. The van der Waals surface area contributed by atoms with Crippen molar-refractivity contribution in [3.8, 4) is 11.1 Å². The number of fused-ring (bicyclic) bond motifs is 1. The first-order valence-corrected chi connectivity index (χ1v) is 10.8. The number of carbonyl (C=O) groups is 1. The number of hydrogen-bond acceptors (Lipinski definition) is 8. The molecule has 33 heavy (non-hydrogen) atoms. The summed E-state index contributed by atoms with van der Waals surface area (Å²) in [5.74, 6) is 0.0497. The Morgan fingerprint density at radius 2 is 2.24 bits per heavy atom. The number of amides is 1. The molecule has 0 saturated carbocycles. The minimum atomic E-state index is -0.520. The second-order valence-electron chi connectivity index (χ2n) is 7.84. The number of aryl methyl sites for hydroxylation is 1. The van der Waals surface area contributed by atoms with E-state index in [0.717, 1.165) is 30.5 Å². The van der Waals surface area contributed by atoms with Gasteiger partial charge in [-0.15, -0.1) is 0 Å². The van der Waals surface area contributed by atoms with Crippen LogP contribution in [0, 0.1) is 5.82 Å². The summed E-state index contributed by atoms with van der Waals surface area (Å²) >= 11 is 0. The maximum atomic E-state index is 14.9. The summed E-state index contributed by atoms with van der Waals surface area (Å²) in [4.78, 5) is 20.5. The zero-order valence-corrected chi connectivity index (χ0v) is 18.0. The second kappa shape index (κ2) is 8.94. The summed E-state index contributed by atoms with van der Waals surface area (Å²) in [6.45, 7) is 3.67. The van der Waals surface area contributed by atoms with E-state index in [1.807, 2.05) is 19.1 Å². The Balaban J connectivity index is 1.36. The molecular weight excluding hydrogens is 427 g/mol. The lowest BCUT2D eigenvalue weighted by molar-refractivity contribution is 0.0937. The molecule has 1 saturated heterocycles. The molecule has 10 nitrogen and oxygen atoms in total. The molecular formula is C22H23FN8O2. The summed E-state index contributed by atoms with van der Waals surface area (Å²) in [5, 5.41) is 21.2. The lowest BCUT2D eigenvalue weighted by Crippen LogP contribution is -2.24. The number of pyridine rings is 1. The lowest BCUT2D eigenvalue weighted by atomic mass is 10.0. The summed E-state index contributed by atoms with van der Waals surface area (Å²) in [6.07, 6.45) is 3.20. The highest BCUT2D eigenvalue weighted by atomic mass is 19.1. The summed E-state index contributed by atoms with van der Waals surface area (Å²) in [6, 6.07) is 7.04. The SMILES string of the molecule is CCc1nc(C(=O)NCc2ccc(-c3ccnc4[nH]nc(N[C@@H]5CCNC5)c34)cc2F)no1. The third-order valence-corrected chi connectivity index (χ3v) is 5.64. The van der Waals surface area contributed by atoms with Gasteiger partial charge in [-0.25, -0.2) is 9.37 Å². The molecule has 0 unspecified atom stereocenters. The number of anilines is 1. The highest BCUT2D eigenvalue weighted by Gasteiger charge is 2.20. The number of rotatable bonds is 7. The summed E-state index contributed by atoms with van der Waals surface area (Å²) < 4.78 is 19.9. The van der Waals surface area contributed by atoms with E-state index < -0.39 is 11.7 Å². The van der Waals surface area contributed by atoms with Crippen LogP contribution in [0.3, 0.4) is 0 Å². The summed E-state index contributed by atoms with van der Waals surface area (Å²) in [7, 11) is 0. The molecule has 0 bridgehead atoms. The molecule has 4 aromatic rings. The fraction of sp³-hybridized carbons (Fsp3) is 0.318. The third-order valence-electron chi connectivity index (χ3n) is 5.64. The van der Waals surface area contributed by atoms with Crippen LogP contribution >= 0.6 is 0 Å². The minimum Gasteiger partial charge on any atom is -0.364 e. The van der Waals surface area contributed by atoms with Crippen molar-refractivity contribution in [2.24, 2.45) is 0 Å². The number of aromatic amines is 1. The Kier molecular flexibility index (Phi) is 5.69. The predicted molar refractivity (Wildman–Crippen MR) is 119 cm³/mol. The van der Waals surface area contributed by atoms with Gasteiger partial charge in [0.25, 0.3) is 11.7 Å². The number of nitrogens with one attached hydrogen (secondary N) is 4. The average molecular weight is 450 g/mol. The molecule has 0 aliphatic carbocycles. The van der Waals surface area contributed by atoms with E-state index >= 15 is 0 Å². The summed E-state index contributed by atoms with van der Waals surface area (Å²) in [5.41, 5.74) is 2.48. The molecule has 1 aromatic carbocycles. The van der Waals surface area contributed by atoms with Crippen molar-refractivity contribution in [3.05, 3.63) is 53.6 Å². The molecule has 1 fully saturated rings. The second-order valence-corrected chi connectivity index (χ2v) is 7.84. The van der Waals surface area contributed by atoms with Gasteiger partial charge in [0.05, 0.1) is 5.39 Å². The van der Waals surface area contributed by atoms with Crippen molar-refractivity contribution in [1.82, 2.24) is 36.0 Å². The van der Waals surface area contributed by atoms with Crippen molar-refractivity contribution in [3.63, 3.8) is 0 Å². The molecule has 4 N–H and O–H groups in total. The molecule has 1 aliphatic rings. The molecule has 1 aliphatic heterocycles. The highest BCUT2D eigenvalue weighted by molar-refractivity contribution is 6.00. The van der Waals surface area contributed by atoms with Crippen molar-refractivity contribution in [2.45, 2.75) is 32.4 Å². The van der Waals surface area contributed by atoms with Crippen molar-refractivity contribution in [1.29, 1.82) is 0 Å². The molecule has 4 heterocycles. The molecule has 11 heteroatoms. The fourth-order valence-electron chi connectivity index (χ4n) is 3.87. The lowest BCUT2D eigenvalue weighted by Gasteiger charge is -2.12. The number of aromatic nitrogens is 5. The van der Waals surface area contributed by atoms with Gasteiger partial charge in [-0.2, -0.15) is 10.1 Å². The van der Waals surface area contributed by atoms with E-state index in [-0.39, 0.29) is 18.4 Å². The molecule has 170 valence electrons. The Labute approximate surface area is 188 Å². The normalized spacial score (nSPS) is 15.8. The van der Waals surface area contributed by atoms with E-state index in [4.69, 9.17) is 4.52 Å². The zero-order chi connectivity index (χ0) is 22.8. The van der Waals surface area contributed by atoms with Crippen LogP contribution in [0.25, 0.3) is 22.2 Å². The topological polar surface area (TPSA) is 134 Å². The fourth-order valence-corrected chi connectivity index (χ4v) is 3.87. The number of nitrogens with zero attached hydrogens (tertiary/aromatic N) is 4. The van der Waals surface area contributed by atoms with Gasteiger partial charge in [-0.1, -0.05) is 24.2 Å². The first kappa shape index (κ1) is 21.0. The van der Waals surface area contributed by atoms with Gasteiger partial charge in [0, 0.05) is 37.3 Å². The van der Waals surface area contributed by atoms with Crippen LogP contribution in [0.1, 0.15) is 35.4 Å². The van der Waals surface area contributed by atoms with Gasteiger partial charge in [0.15, 0.2) is 11.5 Å². The van der Waals surface area contributed by atoms with Crippen molar-refractivity contribution < 1.29 is 13.7 Å². The van der Waals surface area contributed by atoms with Gasteiger partial charge < -0.3 is 20.5 Å². The smallest absolute Gasteiger partial charge is 0.292 e. The largest absolute Gasteiger partial charge is 0.364 e. The van der Waals surface area contributed by atoms with Gasteiger partial charge in [-0.05, 0) is 36.2 Å². The quantitative estimate of drug-likeness (QED) is 0.337. The van der Waals surface area contributed by atoms with Gasteiger partial charge >= 0.3 is 0 Å². The van der Waals surface area contributed by atoms with Crippen LogP contribution in [0.15, 0.2) is 35.0 Å². The third kappa shape index (κ3) is 4.27. The van der Waals surface area contributed by atoms with E-state index in [9.17, 15) is 9.18 Å². The number of halogens is 1. The Hall–Kier alpha value is -3.86. The van der Waals surface area contributed by atoms with Gasteiger partial charge in [-0.3, -0.25) is 9.89 Å². The molecule has 0 radical (unpaired) electrons.